The fourth-order valence-electron chi connectivity index (χ4n) is 2.62. The zero-order chi connectivity index (χ0) is 20.1. The standard InChI is InChI=1S/C22H20Cl2N2OS/c1-14(2)16-6-3-15(4-7-16)5-10-21(27)26-22-25-13-19(28-22)12-17-11-18(23)8-9-20(17)24/h3-11,13-14H,12H2,1-2H3,(H,25,26,27)/b10-5+. The van der Waals surface area contributed by atoms with Crippen LogP contribution in [0.25, 0.3) is 6.08 Å². The smallest absolute Gasteiger partial charge is 0.250 e. The van der Waals surface area contributed by atoms with E-state index in [9.17, 15) is 4.79 Å². The Labute approximate surface area is 179 Å². The van der Waals surface area contributed by atoms with Gasteiger partial charge in [0.2, 0.25) is 5.91 Å². The molecule has 1 heterocycles. The molecular weight excluding hydrogens is 411 g/mol. The lowest BCUT2D eigenvalue weighted by molar-refractivity contribution is -0.111. The molecule has 0 radical (unpaired) electrons. The summed E-state index contributed by atoms with van der Waals surface area (Å²) in [5.74, 6) is 0.275. The largest absolute Gasteiger partial charge is 0.298 e. The van der Waals surface area contributed by atoms with E-state index < -0.39 is 0 Å². The van der Waals surface area contributed by atoms with E-state index in [1.165, 1.54) is 23.0 Å². The predicted molar refractivity (Wildman–Crippen MR) is 120 cm³/mol. The van der Waals surface area contributed by atoms with Crippen LogP contribution in [0.2, 0.25) is 10.0 Å². The van der Waals surface area contributed by atoms with Crippen LogP contribution in [-0.4, -0.2) is 10.9 Å². The average molecular weight is 431 g/mol. The lowest BCUT2D eigenvalue weighted by Gasteiger charge is -2.04. The number of hydrogen-bond donors (Lipinski definition) is 1. The van der Waals surface area contributed by atoms with Gasteiger partial charge in [-0.15, -0.1) is 11.3 Å². The summed E-state index contributed by atoms with van der Waals surface area (Å²) in [6, 6.07) is 13.6. The molecule has 6 heteroatoms. The SMILES string of the molecule is CC(C)c1ccc(/C=C/C(=O)Nc2ncc(Cc3cc(Cl)ccc3Cl)s2)cc1. The molecule has 3 aromatic rings. The van der Waals surface area contributed by atoms with Crippen LogP contribution in [-0.2, 0) is 11.2 Å². The van der Waals surface area contributed by atoms with E-state index in [0.29, 0.717) is 27.5 Å². The number of anilines is 1. The molecule has 1 N–H and O–H groups in total. The molecule has 0 bridgehead atoms. The van der Waals surface area contributed by atoms with Crippen LogP contribution < -0.4 is 5.32 Å². The number of thiazole rings is 1. The second-order valence-electron chi connectivity index (χ2n) is 6.69. The first kappa shape index (κ1) is 20.6. The Morgan fingerprint density at radius 1 is 1.18 bits per heavy atom. The monoisotopic (exact) mass is 430 g/mol. The normalized spacial score (nSPS) is 11.3. The number of carbonyl (C=O) groups is 1. The lowest BCUT2D eigenvalue weighted by atomic mass is 10.0. The molecule has 0 aliphatic rings. The molecule has 0 spiro atoms. The van der Waals surface area contributed by atoms with Crippen LogP contribution in [0.15, 0.2) is 54.7 Å². The Hall–Kier alpha value is -2.14. The zero-order valence-electron chi connectivity index (χ0n) is 15.6. The molecule has 0 saturated heterocycles. The van der Waals surface area contributed by atoms with Gasteiger partial charge >= 0.3 is 0 Å². The van der Waals surface area contributed by atoms with E-state index in [1.54, 1.807) is 24.4 Å². The van der Waals surface area contributed by atoms with Gasteiger partial charge in [-0.25, -0.2) is 4.98 Å². The molecule has 0 aliphatic heterocycles. The summed E-state index contributed by atoms with van der Waals surface area (Å²) in [6.07, 6.45) is 5.66. The summed E-state index contributed by atoms with van der Waals surface area (Å²) in [4.78, 5) is 17.4. The van der Waals surface area contributed by atoms with Crippen molar-refractivity contribution in [1.82, 2.24) is 4.98 Å². The van der Waals surface area contributed by atoms with Gasteiger partial charge < -0.3 is 0 Å². The first-order valence-corrected chi connectivity index (χ1v) is 10.5. The van der Waals surface area contributed by atoms with Gasteiger partial charge in [0.05, 0.1) is 0 Å². The van der Waals surface area contributed by atoms with Crippen molar-refractivity contribution >= 4 is 51.7 Å². The Bertz CT molecular complexity index is 994. The molecule has 0 aliphatic carbocycles. The number of carbonyl (C=O) groups excluding carboxylic acids is 1. The molecule has 144 valence electrons. The van der Waals surface area contributed by atoms with E-state index >= 15 is 0 Å². The Balaban J connectivity index is 1.59. The maximum absolute atomic E-state index is 12.2. The third-order valence-corrected chi connectivity index (χ3v) is 5.70. The highest BCUT2D eigenvalue weighted by atomic mass is 35.5. The topological polar surface area (TPSA) is 42.0 Å². The number of nitrogens with zero attached hydrogens (tertiary/aromatic N) is 1. The second-order valence-corrected chi connectivity index (χ2v) is 8.65. The zero-order valence-corrected chi connectivity index (χ0v) is 17.9. The lowest BCUT2D eigenvalue weighted by Crippen LogP contribution is -2.07. The third-order valence-electron chi connectivity index (χ3n) is 4.19. The van der Waals surface area contributed by atoms with E-state index in [-0.39, 0.29) is 5.91 Å². The van der Waals surface area contributed by atoms with Gasteiger partial charge in [-0.2, -0.15) is 0 Å². The van der Waals surface area contributed by atoms with Gasteiger partial charge in [0, 0.05) is 33.6 Å². The fraction of sp³-hybridized carbons (Fsp3) is 0.182. The van der Waals surface area contributed by atoms with Crippen molar-refractivity contribution in [3.63, 3.8) is 0 Å². The van der Waals surface area contributed by atoms with Crippen LogP contribution in [0.3, 0.4) is 0 Å². The van der Waals surface area contributed by atoms with Gasteiger partial charge in [0.1, 0.15) is 0 Å². The van der Waals surface area contributed by atoms with Gasteiger partial charge in [-0.3, -0.25) is 10.1 Å². The summed E-state index contributed by atoms with van der Waals surface area (Å²) >= 11 is 13.7. The van der Waals surface area contributed by atoms with Gasteiger partial charge in [0.15, 0.2) is 5.13 Å². The Kier molecular flexibility index (Phi) is 6.89. The first-order chi connectivity index (χ1) is 13.4. The molecule has 0 atom stereocenters. The highest BCUT2D eigenvalue weighted by molar-refractivity contribution is 7.15. The quantitative estimate of drug-likeness (QED) is 0.436. The maximum atomic E-state index is 12.2. The van der Waals surface area contributed by atoms with Crippen LogP contribution in [0.4, 0.5) is 5.13 Å². The number of benzene rings is 2. The van der Waals surface area contributed by atoms with Gasteiger partial charge in [0.25, 0.3) is 0 Å². The van der Waals surface area contributed by atoms with Crippen LogP contribution >= 0.6 is 34.5 Å². The van der Waals surface area contributed by atoms with Crippen LogP contribution in [0.5, 0.6) is 0 Å². The fourth-order valence-corrected chi connectivity index (χ4v) is 3.84. The number of aromatic nitrogens is 1. The molecule has 1 amide bonds. The minimum absolute atomic E-state index is 0.213. The van der Waals surface area contributed by atoms with Crippen molar-refractivity contribution in [1.29, 1.82) is 0 Å². The number of nitrogens with one attached hydrogen (secondary N) is 1. The first-order valence-electron chi connectivity index (χ1n) is 8.88. The van der Waals surface area contributed by atoms with E-state index in [2.05, 4.69) is 36.3 Å². The minimum atomic E-state index is -0.213. The molecule has 28 heavy (non-hydrogen) atoms. The summed E-state index contributed by atoms with van der Waals surface area (Å²) in [6.45, 7) is 4.31. The van der Waals surface area contributed by atoms with Crippen molar-refractivity contribution in [3.8, 4) is 0 Å². The number of amides is 1. The summed E-state index contributed by atoms with van der Waals surface area (Å²) in [5, 5.41) is 4.65. The Morgan fingerprint density at radius 2 is 1.93 bits per heavy atom. The minimum Gasteiger partial charge on any atom is -0.298 e. The molecule has 1 aromatic heterocycles. The number of halogens is 2. The summed E-state index contributed by atoms with van der Waals surface area (Å²) in [5.41, 5.74) is 3.19. The van der Waals surface area contributed by atoms with Crippen molar-refractivity contribution < 1.29 is 4.79 Å². The molecule has 3 rings (SSSR count). The average Bonchev–Trinajstić information content (AvgIpc) is 3.10. The van der Waals surface area contributed by atoms with Crippen molar-refractivity contribution in [2.75, 3.05) is 5.32 Å². The molecular formula is C22H20Cl2N2OS. The maximum Gasteiger partial charge on any atom is 0.250 e. The summed E-state index contributed by atoms with van der Waals surface area (Å²) in [7, 11) is 0. The van der Waals surface area contributed by atoms with Gasteiger partial charge in [-0.1, -0.05) is 61.3 Å². The van der Waals surface area contributed by atoms with E-state index in [0.717, 1.165) is 16.0 Å². The molecule has 3 nitrogen and oxygen atoms in total. The predicted octanol–water partition coefficient (Wildman–Crippen LogP) is 6.82. The summed E-state index contributed by atoms with van der Waals surface area (Å²) < 4.78 is 0. The van der Waals surface area contributed by atoms with Crippen molar-refractivity contribution in [2.45, 2.75) is 26.2 Å². The molecule has 0 saturated carbocycles. The van der Waals surface area contributed by atoms with E-state index in [1.807, 2.05) is 18.2 Å². The number of rotatable bonds is 6. The van der Waals surface area contributed by atoms with Crippen LogP contribution in [0.1, 0.15) is 41.3 Å². The third kappa shape index (κ3) is 5.68. The second kappa shape index (κ2) is 9.37. The number of hydrogen-bond acceptors (Lipinski definition) is 3. The van der Waals surface area contributed by atoms with E-state index in [4.69, 9.17) is 23.2 Å². The van der Waals surface area contributed by atoms with Crippen molar-refractivity contribution in [2.24, 2.45) is 0 Å². The molecule has 0 fully saturated rings. The van der Waals surface area contributed by atoms with Gasteiger partial charge in [-0.05, 0) is 46.9 Å². The molecule has 0 unspecified atom stereocenters. The highest BCUT2D eigenvalue weighted by Crippen LogP contribution is 2.27. The van der Waals surface area contributed by atoms with Crippen molar-refractivity contribution in [3.05, 3.63) is 86.4 Å². The Morgan fingerprint density at radius 3 is 2.64 bits per heavy atom. The van der Waals surface area contributed by atoms with Crippen LogP contribution in [0, 0.1) is 0 Å². The highest BCUT2D eigenvalue weighted by Gasteiger charge is 2.08. The molecule has 2 aromatic carbocycles.